The van der Waals surface area contributed by atoms with Gasteiger partial charge in [0.25, 0.3) is 0 Å². The lowest BCUT2D eigenvalue weighted by atomic mass is 10.3. The number of carbonyl (C=O) groups excluding carboxylic acids is 1. The third kappa shape index (κ3) is 4.11. The molecular weight excluding hydrogens is 318 g/mol. The number of ether oxygens (including phenoxy) is 2. The van der Waals surface area contributed by atoms with Gasteiger partial charge in [0.15, 0.2) is 11.4 Å². The highest BCUT2D eigenvalue weighted by atomic mass is 16.5. The van der Waals surface area contributed by atoms with Crippen LogP contribution in [-0.2, 0) is 4.74 Å². The van der Waals surface area contributed by atoms with Gasteiger partial charge in [-0.1, -0.05) is 18.2 Å². The van der Waals surface area contributed by atoms with E-state index in [0.29, 0.717) is 23.0 Å². The quantitative estimate of drug-likeness (QED) is 0.708. The van der Waals surface area contributed by atoms with Gasteiger partial charge < -0.3 is 14.8 Å². The molecule has 0 atom stereocenters. The van der Waals surface area contributed by atoms with Crippen LogP contribution in [0.25, 0.3) is 0 Å². The van der Waals surface area contributed by atoms with E-state index in [1.54, 1.807) is 37.4 Å². The average Bonchev–Trinajstić information content (AvgIpc) is 2.64. The lowest BCUT2D eigenvalue weighted by Crippen LogP contribution is -2.07. The second-order valence-corrected chi connectivity index (χ2v) is 5.26. The Morgan fingerprint density at radius 2 is 1.88 bits per heavy atom. The lowest BCUT2D eigenvalue weighted by molar-refractivity contribution is 0.0590. The van der Waals surface area contributed by atoms with E-state index in [1.807, 2.05) is 30.3 Å². The smallest absolute Gasteiger partial charge is 0.360 e. The Balaban J connectivity index is 1.84. The summed E-state index contributed by atoms with van der Waals surface area (Å²) in [5.74, 6) is 0.942. The molecule has 6 heteroatoms. The van der Waals surface area contributed by atoms with Gasteiger partial charge in [0.05, 0.1) is 7.11 Å². The van der Waals surface area contributed by atoms with Crippen molar-refractivity contribution in [2.75, 3.05) is 12.4 Å². The van der Waals surface area contributed by atoms with Crippen LogP contribution in [0, 0.1) is 6.92 Å². The molecule has 0 saturated heterocycles. The summed E-state index contributed by atoms with van der Waals surface area (Å²) in [6, 6.07) is 16.6. The first-order valence-corrected chi connectivity index (χ1v) is 7.67. The van der Waals surface area contributed by atoms with Crippen LogP contribution in [0.1, 0.15) is 16.2 Å². The predicted molar refractivity (Wildman–Crippen MR) is 94.3 cm³/mol. The minimum Gasteiger partial charge on any atom is -0.464 e. The zero-order valence-electron chi connectivity index (χ0n) is 13.9. The first kappa shape index (κ1) is 16.4. The van der Waals surface area contributed by atoms with Crippen molar-refractivity contribution in [2.24, 2.45) is 0 Å². The zero-order valence-corrected chi connectivity index (χ0v) is 13.9. The molecule has 0 radical (unpaired) electrons. The number of aryl methyl sites for hydroxylation is 1. The number of hydrogen-bond acceptors (Lipinski definition) is 6. The van der Waals surface area contributed by atoms with Crippen LogP contribution in [0.2, 0.25) is 0 Å². The summed E-state index contributed by atoms with van der Waals surface area (Å²) in [6.45, 7) is 1.80. The number of para-hydroxylation sites is 1. The first-order chi connectivity index (χ1) is 12.2. The van der Waals surface area contributed by atoms with Crippen LogP contribution in [0.15, 0.2) is 60.8 Å². The Bertz CT molecular complexity index is 882. The van der Waals surface area contributed by atoms with Crippen LogP contribution in [0.3, 0.4) is 0 Å². The highest BCUT2D eigenvalue weighted by molar-refractivity contribution is 5.90. The third-order valence-electron chi connectivity index (χ3n) is 3.38. The van der Waals surface area contributed by atoms with Crippen molar-refractivity contribution in [3.8, 4) is 11.5 Å². The molecule has 0 unspecified atom stereocenters. The first-order valence-electron chi connectivity index (χ1n) is 7.67. The van der Waals surface area contributed by atoms with Crippen LogP contribution < -0.4 is 10.1 Å². The van der Waals surface area contributed by atoms with Gasteiger partial charge in [0, 0.05) is 23.6 Å². The SMILES string of the molecule is COC(=O)c1nc(C)ccc1Oc1ccnc(Nc2ccccc2)c1. The summed E-state index contributed by atoms with van der Waals surface area (Å²) >= 11 is 0. The van der Waals surface area contributed by atoms with E-state index in [2.05, 4.69) is 15.3 Å². The maximum Gasteiger partial charge on any atom is 0.360 e. The van der Waals surface area contributed by atoms with Gasteiger partial charge in [-0.2, -0.15) is 0 Å². The van der Waals surface area contributed by atoms with E-state index < -0.39 is 5.97 Å². The Hall–Kier alpha value is -3.41. The molecule has 3 rings (SSSR count). The Morgan fingerprint density at radius 1 is 1.08 bits per heavy atom. The number of anilines is 2. The summed E-state index contributed by atoms with van der Waals surface area (Å²) in [5.41, 5.74) is 1.75. The maximum absolute atomic E-state index is 11.9. The number of rotatable bonds is 5. The molecule has 0 saturated carbocycles. The Labute approximate surface area is 145 Å². The van der Waals surface area contributed by atoms with Crippen LogP contribution in [0.4, 0.5) is 11.5 Å². The summed E-state index contributed by atoms with van der Waals surface area (Å²) in [4.78, 5) is 20.4. The molecule has 3 aromatic rings. The fourth-order valence-corrected chi connectivity index (χ4v) is 2.21. The van der Waals surface area contributed by atoms with Gasteiger partial charge in [-0.25, -0.2) is 14.8 Å². The number of pyridine rings is 2. The molecule has 0 aliphatic carbocycles. The normalized spacial score (nSPS) is 10.2. The van der Waals surface area contributed by atoms with Gasteiger partial charge in [0.2, 0.25) is 0 Å². The summed E-state index contributed by atoms with van der Waals surface area (Å²) in [5, 5.41) is 3.19. The summed E-state index contributed by atoms with van der Waals surface area (Å²) in [7, 11) is 1.31. The number of nitrogens with zero attached hydrogens (tertiary/aromatic N) is 2. The van der Waals surface area contributed by atoms with E-state index in [0.717, 1.165) is 5.69 Å². The molecule has 2 aromatic heterocycles. The molecule has 0 fully saturated rings. The predicted octanol–water partition coefficient (Wildman–Crippen LogP) is 4.11. The topological polar surface area (TPSA) is 73.3 Å². The minimum absolute atomic E-state index is 0.136. The minimum atomic E-state index is -0.546. The number of carbonyl (C=O) groups is 1. The molecule has 1 N–H and O–H groups in total. The van der Waals surface area contributed by atoms with E-state index in [9.17, 15) is 4.79 Å². The monoisotopic (exact) mass is 335 g/mol. The van der Waals surface area contributed by atoms with Crippen LogP contribution in [-0.4, -0.2) is 23.0 Å². The molecule has 0 amide bonds. The largest absolute Gasteiger partial charge is 0.464 e. The number of methoxy groups -OCH3 is 1. The van der Waals surface area contributed by atoms with Crippen molar-refractivity contribution in [3.05, 3.63) is 72.2 Å². The van der Waals surface area contributed by atoms with Gasteiger partial charge in [-0.05, 0) is 37.3 Å². The molecule has 25 heavy (non-hydrogen) atoms. The van der Waals surface area contributed by atoms with Crippen molar-refractivity contribution < 1.29 is 14.3 Å². The number of nitrogens with one attached hydrogen (secondary N) is 1. The Morgan fingerprint density at radius 3 is 2.64 bits per heavy atom. The molecule has 6 nitrogen and oxygen atoms in total. The number of aromatic nitrogens is 2. The molecule has 1 aromatic carbocycles. The van der Waals surface area contributed by atoms with Gasteiger partial charge in [-0.15, -0.1) is 0 Å². The van der Waals surface area contributed by atoms with Crippen LogP contribution in [0.5, 0.6) is 11.5 Å². The summed E-state index contributed by atoms with van der Waals surface area (Å²) in [6.07, 6.45) is 1.63. The highest BCUT2D eigenvalue weighted by Crippen LogP contribution is 2.27. The van der Waals surface area contributed by atoms with E-state index in [4.69, 9.17) is 9.47 Å². The van der Waals surface area contributed by atoms with Gasteiger partial charge in [-0.3, -0.25) is 0 Å². The van der Waals surface area contributed by atoms with Crippen molar-refractivity contribution >= 4 is 17.5 Å². The second-order valence-electron chi connectivity index (χ2n) is 5.26. The number of hydrogen-bond donors (Lipinski definition) is 1. The van der Waals surface area contributed by atoms with Crippen LogP contribution >= 0.6 is 0 Å². The molecular formula is C19H17N3O3. The molecule has 0 aliphatic rings. The standard InChI is InChI=1S/C19H17N3O3/c1-13-8-9-16(18(21-13)19(23)24-2)25-15-10-11-20-17(12-15)22-14-6-4-3-5-7-14/h3-12H,1-2H3,(H,20,22). The fraction of sp³-hybridized carbons (Fsp3) is 0.105. The Kier molecular flexibility index (Phi) is 4.89. The van der Waals surface area contributed by atoms with Crippen molar-refractivity contribution in [3.63, 3.8) is 0 Å². The summed E-state index contributed by atoms with van der Waals surface area (Å²) < 4.78 is 10.6. The lowest BCUT2D eigenvalue weighted by Gasteiger charge is -2.11. The molecule has 126 valence electrons. The highest BCUT2D eigenvalue weighted by Gasteiger charge is 2.16. The number of benzene rings is 1. The molecule has 2 heterocycles. The van der Waals surface area contributed by atoms with Crippen molar-refractivity contribution in [1.82, 2.24) is 9.97 Å². The zero-order chi connectivity index (χ0) is 17.6. The second kappa shape index (κ2) is 7.44. The third-order valence-corrected chi connectivity index (χ3v) is 3.38. The maximum atomic E-state index is 11.9. The molecule has 0 spiro atoms. The molecule has 0 aliphatic heterocycles. The van der Waals surface area contributed by atoms with Gasteiger partial charge >= 0.3 is 5.97 Å². The average molecular weight is 335 g/mol. The fourth-order valence-electron chi connectivity index (χ4n) is 2.21. The van der Waals surface area contributed by atoms with Gasteiger partial charge in [0.1, 0.15) is 11.6 Å². The van der Waals surface area contributed by atoms with E-state index in [1.165, 1.54) is 7.11 Å². The van der Waals surface area contributed by atoms with Crippen molar-refractivity contribution in [1.29, 1.82) is 0 Å². The van der Waals surface area contributed by atoms with Crippen molar-refractivity contribution in [2.45, 2.75) is 6.92 Å². The van der Waals surface area contributed by atoms with E-state index in [-0.39, 0.29) is 5.69 Å². The van der Waals surface area contributed by atoms with E-state index >= 15 is 0 Å². The molecule has 0 bridgehead atoms. The number of esters is 1.